The molecule has 0 aromatic carbocycles. The number of aromatic nitrogens is 2. The van der Waals surface area contributed by atoms with E-state index in [1.54, 1.807) is 28.2 Å². The molecule has 0 bridgehead atoms. The van der Waals surface area contributed by atoms with Crippen molar-refractivity contribution in [3.63, 3.8) is 0 Å². The highest BCUT2D eigenvalue weighted by Crippen LogP contribution is 2.49. The summed E-state index contributed by atoms with van der Waals surface area (Å²) in [6, 6.07) is 1.85. The first kappa shape index (κ1) is 28.6. The molecule has 0 radical (unpaired) electrons. The van der Waals surface area contributed by atoms with Crippen LogP contribution >= 0.6 is 34.8 Å². The minimum Gasteiger partial charge on any atom is -0.368 e. The number of carbonyl (C=O) groups is 4. The number of carbonyl (C=O) groups excluding carboxylic acids is 4. The quantitative estimate of drug-likeness (QED) is 0.284. The van der Waals surface area contributed by atoms with Crippen LogP contribution in [0.15, 0.2) is 18.2 Å². The normalized spacial score (nSPS) is 36.3. The van der Waals surface area contributed by atoms with Gasteiger partial charge in [0.1, 0.15) is 33.8 Å². The number of amides is 6. The van der Waals surface area contributed by atoms with Gasteiger partial charge in [0.15, 0.2) is 11.4 Å². The smallest absolute Gasteiger partial charge is 0.320 e. The largest absolute Gasteiger partial charge is 0.368 e. The molecular weight excluding hydrogens is 627 g/mol. The zero-order valence-electron chi connectivity index (χ0n) is 23.0. The van der Waals surface area contributed by atoms with Gasteiger partial charge in [-0.1, -0.05) is 34.8 Å². The molecule has 0 spiro atoms. The second-order valence-electron chi connectivity index (χ2n) is 11.6. The summed E-state index contributed by atoms with van der Waals surface area (Å²) in [6.07, 6.45) is 0.601. The van der Waals surface area contributed by atoms with Crippen molar-refractivity contribution >= 4 is 58.7 Å². The highest BCUT2D eigenvalue weighted by Gasteiger charge is 2.65. The molecule has 17 heteroatoms. The molecule has 6 heterocycles. The number of likely N-dealkylation sites (N-methyl/N-ethyl adjacent to an activating group) is 2. The molecule has 6 amide bonds. The maximum absolute atomic E-state index is 12.3. The van der Waals surface area contributed by atoms with Crippen molar-refractivity contribution in [3.05, 3.63) is 44.9 Å². The Hall–Kier alpha value is -3.17. The number of nitrogens with zero attached hydrogens (tertiary/aromatic N) is 4. The first-order valence-corrected chi connectivity index (χ1v) is 15.1. The van der Waals surface area contributed by atoms with Crippen molar-refractivity contribution in [2.24, 2.45) is 0 Å². The van der Waals surface area contributed by atoms with Crippen LogP contribution < -0.4 is 21.3 Å². The summed E-state index contributed by atoms with van der Waals surface area (Å²) >= 11 is 18.5. The van der Waals surface area contributed by atoms with Crippen LogP contribution in [0.5, 0.6) is 0 Å². The molecule has 2 aliphatic carbocycles. The van der Waals surface area contributed by atoms with E-state index in [9.17, 15) is 29.4 Å². The van der Waals surface area contributed by atoms with Gasteiger partial charge in [-0.25, -0.2) is 9.59 Å². The van der Waals surface area contributed by atoms with Crippen molar-refractivity contribution in [2.45, 2.75) is 74.4 Å². The first-order valence-electron chi connectivity index (χ1n) is 14.0. The molecule has 230 valence electrons. The van der Waals surface area contributed by atoms with Gasteiger partial charge < -0.3 is 40.6 Å². The Morgan fingerprint density at radius 3 is 1.77 bits per heavy atom. The number of nitrogens with one attached hydrogen (secondary N) is 4. The second-order valence-corrected chi connectivity index (χ2v) is 12.7. The first-order chi connectivity index (χ1) is 20.3. The van der Waals surface area contributed by atoms with Gasteiger partial charge in [0.05, 0.1) is 29.2 Å². The molecule has 2 aromatic heterocycles. The van der Waals surface area contributed by atoms with Crippen LogP contribution in [0.2, 0.25) is 15.3 Å². The van der Waals surface area contributed by atoms with Crippen LogP contribution in [0.4, 0.5) is 9.59 Å². The summed E-state index contributed by atoms with van der Waals surface area (Å²) in [5, 5.41) is 34.3. The molecule has 43 heavy (non-hydrogen) atoms. The summed E-state index contributed by atoms with van der Waals surface area (Å²) in [5.41, 5.74) is -1.80. The summed E-state index contributed by atoms with van der Waals surface area (Å²) in [7, 11) is 0. The lowest BCUT2D eigenvalue weighted by Crippen LogP contribution is -2.56. The third-order valence-electron chi connectivity index (χ3n) is 9.70. The van der Waals surface area contributed by atoms with Crippen molar-refractivity contribution in [1.82, 2.24) is 40.2 Å². The van der Waals surface area contributed by atoms with Gasteiger partial charge in [-0.3, -0.25) is 19.4 Å². The van der Waals surface area contributed by atoms with Gasteiger partial charge in [0.2, 0.25) is 0 Å². The fraction of sp³-hybridized carbons (Fsp3) is 0.538. The lowest BCUT2D eigenvalue weighted by molar-refractivity contribution is -0.0660. The number of fused-ring (bicyclic) bond motifs is 10. The Kier molecular flexibility index (Phi) is 6.26. The maximum Gasteiger partial charge on any atom is 0.320 e. The fourth-order valence-corrected chi connectivity index (χ4v) is 8.69. The molecule has 4 aliphatic heterocycles. The van der Waals surface area contributed by atoms with Gasteiger partial charge in [0, 0.05) is 25.9 Å². The van der Waals surface area contributed by atoms with Crippen LogP contribution in [0, 0.1) is 0 Å². The summed E-state index contributed by atoms with van der Waals surface area (Å²) < 4.78 is 3.41. The Morgan fingerprint density at radius 2 is 1.26 bits per heavy atom. The van der Waals surface area contributed by atoms with E-state index in [0.29, 0.717) is 41.1 Å². The predicted molar refractivity (Wildman–Crippen MR) is 153 cm³/mol. The van der Waals surface area contributed by atoms with Gasteiger partial charge in [-0.05, 0) is 32.0 Å². The average Bonchev–Trinajstić information content (AvgIpc) is 3.73. The van der Waals surface area contributed by atoms with E-state index in [4.69, 9.17) is 34.8 Å². The molecule has 0 unspecified atom stereocenters. The fourth-order valence-electron chi connectivity index (χ4n) is 7.95. The molecular formula is C26H29Cl3N8O6. The van der Waals surface area contributed by atoms with Crippen LogP contribution in [-0.2, 0) is 0 Å². The number of hydrogen-bond acceptors (Lipinski definition) is 6. The molecule has 6 aliphatic rings. The van der Waals surface area contributed by atoms with E-state index >= 15 is 0 Å². The average molecular weight is 656 g/mol. The Balaban J connectivity index is 0.000000140. The molecule has 2 aromatic rings. The SMILES string of the molecule is CCN1C(=O)N[C@H]2[C@@H]3NC(=O)c4cc(Cl)c(Cl)n4[C@@H]3C[C@]21O.CCN1C(=O)N[C@H]2[C@@H]3NC(=O)c4ccc(Cl)n4[C@@H]3C[C@]21O. The predicted octanol–water partition coefficient (Wildman–Crippen LogP) is 1.25. The number of rotatable bonds is 2. The van der Waals surface area contributed by atoms with Crippen molar-refractivity contribution in [1.29, 1.82) is 0 Å². The molecule has 2 saturated heterocycles. The third-order valence-corrected chi connectivity index (χ3v) is 10.8. The Bertz CT molecular complexity index is 1600. The minimum atomic E-state index is -1.35. The number of halogens is 3. The van der Waals surface area contributed by atoms with E-state index in [1.165, 1.54) is 15.9 Å². The number of urea groups is 2. The van der Waals surface area contributed by atoms with E-state index in [2.05, 4.69) is 21.3 Å². The molecule has 14 nitrogen and oxygen atoms in total. The van der Waals surface area contributed by atoms with E-state index in [1.807, 2.05) is 6.92 Å². The molecule has 4 fully saturated rings. The maximum atomic E-state index is 12.3. The van der Waals surface area contributed by atoms with Crippen LogP contribution in [-0.4, -0.2) is 102 Å². The number of hydrogen-bond donors (Lipinski definition) is 6. The van der Waals surface area contributed by atoms with Crippen molar-refractivity contribution < 1.29 is 29.4 Å². The van der Waals surface area contributed by atoms with Crippen LogP contribution in [0.25, 0.3) is 0 Å². The molecule has 8 atom stereocenters. The standard InChI is InChI=1S/C13H14Cl2N4O3.C13H15ClN4O3/c1-2-18-12(21)17-9-8-7(4-13(9,18)22)19-6(11(20)16-8)3-5(14)10(19)15;1-2-17-12(20)16-10-9-7(5-13(10,17)21)18-6(11(19)15-9)3-4-8(18)14/h3,7-9,22H,2,4H2,1H3,(H,16,20)(H,17,21);3-4,7,9-10,21H,2,5H2,1H3,(H,15,19)(H,16,20)/t7-,8-,9+,13+;7-,9-,10+,13+/m11/s1. The zero-order valence-corrected chi connectivity index (χ0v) is 25.2. The monoisotopic (exact) mass is 654 g/mol. The molecule has 8 rings (SSSR count). The van der Waals surface area contributed by atoms with E-state index in [-0.39, 0.29) is 53.6 Å². The molecule has 6 N–H and O–H groups in total. The van der Waals surface area contributed by atoms with Crippen molar-refractivity contribution in [2.75, 3.05) is 13.1 Å². The van der Waals surface area contributed by atoms with Crippen LogP contribution in [0.3, 0.4) is 0 Å². The summed E-state index contributed by atoms with van der Waals surface area (Å²) in [6.45, 7) is 4.39. The van der Waals surface area contributed by atoms with E-state index in [0.717, 1.165) is 0 Å². The topological polar surface area (TPSA) is 173 Å². The highest BCUT2D eigenvalue weighted by molar-refractivity contribution is 6.42. The van der Waals surface area contributed by atoms with Gasteiger partial charge in [-0.2, -0.15) is 0 Å². The number of aliphatic hydroxyl groups is 2. The highest BCUT2D eigenvalue weighted by atomic mass is 35.5. The summed E-state index contributed by atoms with van der Waals surface area (Å²) in [4.78, 5) is 51.2. The van der Waals surface area contributed by atoms with Gasteiger partial charge in [-0.15, -0.1) is 0 Å². The van der Waals surface area contributed by atoms with Crippen molar-refractivity contribution in [3.8, 4) is 0 Å². The Labute approximate surface area is 260 Å². The Morgan fingerprint density at radius 1 is 0.767 bits per heavy atom. The minimum absolute atomic E-state index is 0.176. The second kappa shape index (κ2) is 9.41. The lowest BCUT2D eigenvalue weighted by Gasteiger charge is -2.32. The molecule has 2 saturated carbocycles. The lowest BCUT2D eigenvalue weighted by atomic mass is 10.1. The van der Waals surface area contributed by atoms with Gasteiger partial charge in [0.25, 0.3) is 11.8 Å². The van der Waals surface area contributed by atoms with Gasteiger partial charge >= 0.3 is 12.1 Å². The van der Waals surface area contributed by atoms with E-state index < -0.39 is 29.6 Å². The zero-order chi connectivity index (χ0) is 30.7. The van der Waals surface area contributed by atoms with Crippen LogP contribution in [0.1, 0.15) is 59.7 Å². The third kappa shape index (κ3) is 3.67. The summed E-state index contributed by atoms with van der Waals surface area (Å²) in [5.74, 6) is -0.555.